The summed E-state index contributed by atoms with van der Waals surface area (Å²) in [6, 6.07) is 8.09. The zero-order valence-electron chi connectivity index (χ0n) is 11.9. The monoisotopic (exact) mass is 262 g/mol. The summed E-state index contributed by atoms with van der Waals surface area (Å²) in [5.41, 5.74) is 1.83. The Morgan fingerprint density at radius 2 is 2.05 bits per heavy atom. The molecule has 1 fully saturated rings. The van der Waals surface area contributed by atoms with Crippen molar-refractivity contribution in [3.05, 3.63) is 35.4 Å². The summed E-state index contributed by atoms with van der Waals surface area (Å²) >= 11 is 0. The fourth-order valence-corrected chi connectivity index (χ4v) is 2.32. The molecule has 3 nitrogen and oxygen atoms in total. The van der Waals surface area contributed by atoms with Crippen molar-refractivity contribution in [2.75, 3.05) is 13.2 Å². The van der Waals surface area contributed by atoms with Gasteiger partial charge in [-0.1, -0.05) is 29.8 Å². The molecule has 0 bridgehead atoms. The van der Waals surface area contributed by atoms with Crippen LogP contribution in [0.5, 0.6) is 0 Å². The van der Waals surface area contributed by atoms with Crippen LogP contribution in [-0.2, 0) is 14.3 Å². The maximum Gasteiger partial charge on any atom is 0.312 e. The molecule has 0 N–H and O–H groups in total. The Morgan fingerprint density at radius 3 is 2.68 bits per heavy atom. The molecule has 3 heteroatoms. The van der Waals surface area contributed by atoms with Gasteiger partial charge in [0.05, 0.1) is 5.41 Å². The van der Waals surface area contributed by atoms with Gasteiger partial charge in [-0.05, 0) is 39.2 Å². The van der Waals surface area contributed by atoms with Crippen LogP contribution < -0.4 is 0 Å². The summed E-state index contributed by atoms with van der Waals surface area (Å²) in [7, 11) is 0. The van der Waals surface area contributed by atoms with E-state index in [-0.39, 0.29) is 12.1 Å². The van der Waals surface area contributed by atoms with Crippen molar-refractivity contribution >= 4 is 5.97 Å². The Morgan fingerprint density at radius 1 is 1.37 bits per heavy atom. The van der Waals surface area contributed by atoms with Gasteiger partial charge in [0.15, 0.2) is 0 Å². The van der Waals surface area contributed by atoms with E-state index in [2.05, 4.69) is 6.07 Å². The summed E-state index contributed by atoms with van der Waals surface area (Å²) in [6.07, 6.45) is 1.28. The number of hydrogen-bond acceptors (Lipinski definition) is 3. The lowest BCUT2D eigenvalue weighted by atomic mass is 9.82. The lowest BCUT2D eigenvalue weighted by molar-refractivity contribution is -0.165. The Balaban J connectivity index is 2.02. The summed E-state index contributed by atoms with van der Waals surface area (Å²) in [5.74, 6) is -0.107. The predicted molar refractivity (Wildman–Crippen MR) is 73.8 cm³/mol. The van der Waals surface area contributed by atoms with Crippen molar-refractivity contribution in [3.63, 3.8) is 0 Å². The van der Waals surface area contributed by atoms with Crippen molar-refractivity contribution in [2.24, 2.45) is 5.41 Å². The Labute approximate surface area is 114 Å². The molecule has 1 aliphatic rings. The minimum atomic E-state index is -0.393. The van der Waals surface area contributed by atoms with Gasteiger partial charge in [-0.25, -0.2) is 0 Å². The maximum atomic E-state index is 12.3. The molecule has 0 amide bonds. The van der Waals surface area contributed by atoms with Crippen molar-refractivity contribution in [2.45, 2.75) is 39.7 Å². The summed E-state index contributed by atoms with van der Waals surface area (Å²) in [4.78, 5) is 12.3. The Hall–Kier alpha value is -1.35. The minimum Gasteiger partial charge on any atom is -0.457 e. The van der Waals surface area contributed by atoms with Gasteiger partial charge in [0.25, 0.3) is 0 Å². The third-order valence-corrected chi connectivity index (χ3v) is 3.88. The highest BCUT2D eigenvalue weighted by molar-refractivity contribution is 5.76. The van der Waals surface area contributed by atoms with Crippen LogP contribution in [-0.4, -0.2) is 19.2 Å². The fourth-order valence-electron chi connectivity index (χ4n) is 2.32. The maximum absolute atomic E-state index is 12.3. The predicted octanol–water partition coefficient (Wildman–Crippen LogP) is 3.42. The second-order valence-electron chi connectivity index (χ2n) is 5.63. The first-order chi connectivity index (χ1) is 9.01. The molecule has 0 spiro atoms. The van der Waals surface area contributed by atoms with Gasteiger partial charge in [-0.2, -0.15) is 0 Å². The van der Waals surface area contributed by atoms with Crippen LogP contribution in [0.1, 0.15) is 43.9 Å². The molecule has 0 saturated carbocycles. The van der Waals surface area contributed by atoms with E-state index in [0.29, 0.717) is 13.2 Å². The van der Waals surface area contributed by atoms with Crippen LogP contribution in [0, 0.1) is 12.3 Å². The van der Waals surface area contributed by atoms with Crippen LogP contribution in [0.15, 0.2) is 24.3 Å². The van der Waals surface area contributed by atoms with E-state index in [1.54, 1.807) is 0 Å². The van der Waals surface area contributed by atoms with Crippen LogP contribution >= 0.6 is 0 Å². The first-order valence-corrected chi connectivity index (χ1v) is 6.87. The van der Waals surface area contributed by atoms with E-state index in [1.807, 2.05) is 39.0 Å². The fraction of sp³-hybridized carbons (Fsp3) is 0.562. The van der Waals surface area contributed by atoms with Gasteiger partial charge in [-0.15, -0.1) is 0 Å². The molecule has 0 aliphatic carbocycles. The normalized spacial score (nSPS) is 19.7. The van der Waals surface area contributed by atoms with Gasteiger partial charge < -0.3 is 9.47 Å². The average molecular weight is 262 g/mol. The lowest BCUT2D eigenvalue weighted by Gasteiger charge is -2.32. The van der Waals surface area contributed by atoms with E-state index in [9.17, 15) is 4.79 Å². The summed E-state index contributed by atoms with van der Waals surface area (Å²) in [5, 5.41) is 0. The molecule has 2 rings (SSSR count). The zero-order chi connectivity index (χ0) is 13.9. The van der Waals surface area contributed by atoms with Crippen LogP contribution in [0.25, 0.3) is 0 Å². The molecule has 0 radical (unpaired) electrons. The standard InChI is InChI=1S/C16H22O3/c1-12-5-4-6-14(11-12)13(2)19-15(17)16(3)7-9-18-10-8-16/h4-6,11,13H,7-10H2,1-3H3/t13-/m1/s1. The third-order valence-electron chi connectivity index (χ3n) is 3.88. The van der Waals surface area contributed by atoms with E-state index < -0.39 is 5.41 Å². The van der Waals surface area contributed by atoms with Crippen molar-refractivity contribution < 1.29 is 14.3 Å². The van der Waals surface area contributed by atoms with Crippen molar-refractivity contribution in [3.8, 4) is 0 Å². The van der Waals surface area contributed by atoms with Crippen LogP contribution in [0.4, 0.5) is 0 Å². The smallest absolute Gasteiger partial charge is 0.312 e. The largest absolute Gasteiger partial charge is 0.457 e. The number of rotatable bonds is 3. The number of aryl methyl sites for hydroxylation is 1. The molecule has 104 valence electrons. The van der Waals surface area contributed by atoms with Gasteiger partial charge in [0.1, 0.15) is 6.10 Å². The van der Waals surface area contributed by atoms with E-state index >= 15 is 0 Å². The van der Waals surface area contributed by atoms with Crippen LogP contribution in [0.3, 0.4) is 0 Å². The quantitative estimate of drug-likeness (QED) is 0.783. The number of benzene rings is 1. The first kappa shape index (κ1) is 14.1. The number of hydrogen-bond donors (Lipinski definition) is 0. The first-order valence-electron chi connectivity index (χ1n) is 6.87. The topological polar surface area (TPSA) is 35.5 Å². The highest BCUT2D eigenvalue weighted by Crippen LogP contribution is 2.33. The molecular formula is C16H22O3. The van der Waals surface area contributed by atoms with E-state index in [4.69, 9.17) is 9.47 Å². The molecular weight excluding hydrogens is 240 g/mol. The molecule has 0 unspecified atom stereocenters. The number of ether oxygens (including phenoxy) is 2. The third kappa shape index (κ3) is 3.35. The zero-order valence-corrected chi connectivity index (χ0v) is 11.9. The van der Waals surface area contributed by atoms with Gasteiger partial charge >= 0.3 is 5.97 Å². The minimum absolute atomic E-state index is 0.107. The second kappa shape index (κ2) is 5.74. The second-order valence-corrected chi connectivity index (χ2v) is 5.63. The van der Waals surface area contributed by atoms with Gasteiger partial charge in [0, 0.05) is 13.2 Å². The van der Waals surface area contributed by atoms with Gasteiger partial charge in [-0.3, -0.25) is 4.79 Å². The Kier molecular flexibility index (Phi) is 4.25. The average Bonchev–Trinajstić information content (AvgIpc) is 2.39. The lowest BCUT2D eigenvalue weighted by Crippen LogP contribution is -2.36. The molecule has 1 atom stereocenters. The van der Waals surface area contributed by atoms with E-state index in [0.717, 1.165) is 18.4 Å². The van der Waals surface area contributed by atoms with Crippen LogP contribution in [0.2, 0.25) is 0 Å². The molecule has 1 aliphatic heterocycles. The summed E-state index contributed by atoms with van der Waals surface area (Å²) < 4.78 is 11.0. The molecule has 0 aromatic heterocycles. The number of carbonyl (C=O) groups is 1. The van der Waals surface area contributed by atoms with Crippen molar-refractivity contribution in [1.82, 2.24) is 0 Å². The molecule has 1 heterocycles. The SMILES string of the molecule is Cc1cccc([C@@H](C)OC(=O)C2(C)CCOCC2)c1. The molecule has 1 saturated heterocycles. The summed E-state index contributed by atoms with van der Waals surface area (Å²) in [6.45, 7) is 7.23. The number of carbonyl (C=O) groups excluding carboxylic acids is 1. The number of esters is 1. The highest BCUT2D eigenvalue weighted by atomic mass is 16.5. The van der Waals surface area contributed by atoms with Gasteiger partial charge in [0.2, 0.25) is 0 Å². The highest BCUT2D eigenvalue weighted by Gasteiger charge is 2.37. The molecule has 1 aromatic rings. The van der Waals surface area contributed by atoms with Crippen molar-refractivity contribution in [1.29, 1.82) is 0 Å². The molecule has 19 heavy (non-hydrogen) atoms. The van der Waals surface area contributed by atoms with E-state index in [1.165, 1.54) is 5.56 Å². The Bertz CT molecular complexity index is 447. The molecule has 1 aromatic carbocycles.